The molecule has 6 aliphatic heterocycles. The first-order chi connectivity index (χ1) is 26.0. The van der Waals surface area contributed by atoms with Gasteiger partial charge in [0.25, 0.3) is 0 Å². The fourth-order valence-corrected chi connectivity index (χ4v) is 8.83. The Morgan fingerprint density at radius 3 is 1.75 bits per heavy atom. The van der Waals surface area contributed by atoms with Crippen molar-refractivity contribution in [3.8, 4) is 0 Å². The zero-order valence-corrected chi connectivity index (χ0v) is 30.1. The molecule has 6 saturated heterocycles. The Balaban J connectivity index is 0.973. The van der Waals surface area contributed by atoms with Gasteiger partial charge in [0.2, 0.25) is 0 Å². The molecule has 7 rings (SSSR count). The zero-order valence-electron chi connectivity index (χ0n) is 30.1. The monoisotopic (exact) mass is 802 g/mol. The Morgan fingerprint density at radius 2 is 1.09 bits per heavy atom. The van der Waals surface area contributed by atoms with E-state index in [0.717, 1.165) is 0 Å². The second kappa shape index (κ2) is 15.6. The topological polar surface area (TPSA) is 367 Å². The lowest BCUT2D eigenvalue weighted by molar-refractivity contribution is -0.368. The molecule has 0 bridgehead atoms. The van der Waals surface area contributed by atoms with E-state index in [2.05, 4.69) is 10.6 Å². The number of nitrogens with one attached hydrogen (secondary N) is 2. The number of aliphatic hydroxyl groups excluding tert-OH is 13. The predicted molar refractivity (Wildman–Crippen MR) is 172 cm³/mol. The maximum absolute atomic E-state index is 11.2. The molecule has 0 aromatic rings. The van der Waals surface area contributed by atoms with Crippen LogP contribution in [0.4, 0.5) is 0 Å². The Labute approximate surface area is 313 Å². The van der Waals surface area contributed by atoms with Gasteiger partial charge in [-0.25, -0.2) is 0 Å². The first kappa shape index (κ1) is 42.2. The van der Waals surface area contributed by atoms with Crippen LogP contribution in [0.3, 0.4) is 0 Å². The summed E-state index contributed by atoms with van der Waals surface area (Å²) in [6.07, 6.45) is -30.0. The van der Waals surface area contributed by atoms with Crippen molar-refractivity contribution in [3.63, 3.8) is 0 Å². The third-order valence-corrected chi connectivity index (χ3v) is 12.3. The smallest absolute Gasteiger partial charge is 0.187 e. The number of fused-ring (bicyclic) bond motifs is 2. The molecular weight excluding hydrogens is 748 g/mol. The number of aliphatic hydroxyl groups is 13. The van der Waals surface area contributed by atoms with E-state index in [1.54, 1.807) is 13.8 Å². The summed E-state index contributed by atoms with van der Waals surface area (Å²) in [5.74, 6) is 0. The first-order valence-electron chi connectivity index (χ1n) is 18.4. The highest BCUT2D eigenvalue weighted by molar-refractivity contribution is 5.22. The minimum Gasteiger partial charge on any atom is -0.394 e. The van der Waals surface area contributed by atoms with Crippen LogP contribution in [0.25, 0.3) is 0 Å². The van der Waals surface area contributed by atoms with Gasteiger partial charge in [-0.05, 0) is 20.8 Å². The summed E-state index contributed by atoms with van der Waals surface area (Å²) < 4.78 is 45.7. The van der Waals surface area contributed by atoms with Crippen LogP contribution in [-0.4, -0.2) is 244 Å². The van der Waals surface area contributed by atoms with Gasteiger partial charge in [0.1, 0.15) is 97.3 Å². The molecule has 26 unspecified atom stereocenters. The molecular formula is C32H54N2O21. The Kier molecular flexibility index (Phi) is 12.0. The first-order valence-corrected chi connectivity index (χ1v) is 18.4. The Morgan fingerprint density at radius 1 is 0.527 bits per heavy atom. The summed E-state index contributed by atoms with van der Waals surface area (Å²) in [6.45, 7) is 2.53. The predicted octanol–water partition coefficient (Wildman–Crippen LogP) is -9.49. The van der Waals surface area contributed by atoms with Gasteiger partial charge in [-0.1, -0.05) is 0 Å². The van der Waals surface area contributed by atoms with Gasteiger partial charge in [0.15, 0.2) is 24.5 Å². The molecule has 318 valence electrons. The highest BCUT2D eigenvalue weighted by Gasteiger charge is 2.73. The third kappa shape index (κ3) is 6.96. The minimum absolute atomic E-state index is 0.602. The third-order valence-electron chi connectivity index (χ3n) is 12.3. The molecule has 1 aliphatic carbocycles. The molecule has 0 amide bonds. The van der Waals surface area contributed by atoms with Crippen molar-refractivity contribution in [2.45, 2.75) is 179 Å². The quantitative estimate of drug-likeness (QED) is 0.0862. The number of epoxide rings is 2. The molecule has 26 atom stereocenters. The average molecular weight is 803 g/mol. The average Bonchev–Trinajstić information content (AvgIpc) is 4.09. The number of ether oxygens (including phenoxy) is 8. The summed E-state index contributed by atoms with van der Waals surface area (Å²) in [4.78, 5) is 0. The van der Waals surface area contributed by atoms with E-state index in [4.69, 9.17) is 37.9 Å². The van der Waals surface area contributed by atoms with E-state index in [9.17, 15) is 66.4 Å². The van der Waals surface area contributed by atoms with Gasteiger partial charge >= 0.3 is 0 Å². The zero-order chi connectivity index (χ0) is 40.0. The van der Waals surface area contributed by atoms with Crippen molar-refractivity contribution >= 4 is 0 Å². The summed E-state index contributed by atoms with van der Waals surface area (Å²) >= 11 is 0. The van der Waals surface area contributed by atoms with E-state index >= 15 is 0 Å². The van der Waals surface area contributed by atoms with Crippen molar-refractivity contribution < 1.29 is 104 Å². The molecule has 1 saturated carbocycles. The summed E-state index contributed by atoms with van der Waals surface area (Å²) in [6, 6.07) is -3.11. The van der Waals surface area contributed by atoms with Crippen molar-refractivity contribution in [3.05, 3.63) is 0 Å². The van der Waals surface area contributed by atoms with Gasteiger partial charge in [0, 0.05) is 0 Å². The van der Waals surface area contributed by atoms with Crippen molar-refractivity contribution in [1.29, 1.82) is 0 Å². The van der Waals surface area contributed by atoms with Gasteiger partial charge in [-0.3, -0.25) is 5.32 Å². The molecule has 0 aromatic carbocycles. The second-order valence-corrected chi connectivity index (χ2v) is 15.7. The Hall–Kier alpha value is -0.920. The number of hydrogen-bond acceptors (Lipinski definition) is 23. The summed E-state index contributed by atoms with van der Waals surface area (Å²) in [5, 5.41) is 144. The van der Waals surface area contributed by atoms with Crippen molar-refractivity contribution in [1.82, 2.24) is 10.6 Å². The number of hydrogen-bond donors (Lipinski definition) is 15. The van der Waals surface area contributed by atoms with E-state index in [1.807, 2.05) is 0 Å². The molecule has 15 N–H and O–H groups in total. The lowest BCUT2D eigenvalue weighted by Gasteiger charge is -2.48. The SMILES string of the molecule is CC1OC(C)C(NC2OC(O)C(OC3OC(CO)C(OC4OC(C)C(NC5C(O)C(O)C(O)C6(CO)OC56)C(O)C4O)C(O)C3O)C3(CO)OC23)C(O)C1O. The second-order valence-electron chi connectivity index (χ2n) is 15.7. The van der Waals surface area contributed by atoms with Crippen LogP contribution >= 0.6 is 0 Å². The lowest BCUT2D eigenvalue weighted by atomic mass is 9.79. The molecule has 23 heteroatoms. The van der Waals surface area contributed by atoms with Crippen molar-refractivity contribution in [2.75, 3.05) is 19.8 Å². The van der Waals surface area contributed by atoms with Crippen molar-refractivity contribution in [2.24, 2.45) is 0 Å². The van der Waals surface area contributed by atoms with Gasteiger partial charge < -0.3 is 110 Å². The fourth-order valence-electron chi connectivity index (χ4n) is 8.83. The van der Waals surface area contributed by atoms with Gasteiger partial charge in [-0.2, -0.15) is 0 Å². The highest BCUT2D eigenvalue weighted by atomic mass is 16.8. The van der Waals surface area contributed by atoms with Crippen LogP contribution in [0.1, 0.15) is 20.8 Å². The molecule has 7 aliphatic rings. The molecule has 0 radical (unpaired) electrons. The summed E-state index contributed by atoms with van der Waals surface area (Å²) in [5.41, 5.74) is -3.15. The van der Waals surface area contributed by atoms with E-state index in [1.165, 1.54) is 6.92 Å². The normalized spacial score (nSPS) is 59.1. The van der Waals surface area contributed by atoms with Crippen LogP contribution in [0.5, 0.6) is 0 Å². The molecule has 7 fully saturated rings. The minimum atomic E-state index is -1.94. The molecule has 0 aromatic heterocycles. The largest absolute Gasteiger partial charge is 0.394 e. The van der Waals surface area contributed by atoms with Crippen LogP contribution in [0, 0.1) is 0 Å². The lowest BCUT2D eigenvalue weighted by Crippen LogP contribution is -2.70. The summed E-state index contributed by atoms with van der Waals surface area (Å²) in [7, 11) is 0. The molecule has 23 nitrogen and oxygen atoms in total. The Bertz CT molecular complexity index is 1340. The molecule has 6 heterocycles. The fraction of sp³-hybridized carbons (Fsp3) is 1.00. The van der Waals surface area contributed by atoms with Crippen LogP contribution in [0.15, 0.2) is 0 Å². The molecule has 0 spiro atoms. The maximum Gasteiger partial charge on any atom is 0.187 e. The van der Waals surface area contributed by atoms with Crippen LogP contribution in [0.2, 0.25) is 0 Å². The van der Waals surface area contributed by atoms with E-state index in [0.29, 0.717) is 0 Å². The van der Waals surface area contributed by atoms with Crippen LogP contribution < -0.4 is 10.6 Å². The van der Waals surface area contributed by atoms with Gasteiger partial charge in [0.05, 0.1) is 56.3 Å². The molecule has 55 heavy (non-hydrogen) atoms. The standard InChI is InChI=1S/C32H54N2O21/c1-7-12(15(39)14(38)9(3)48-7)34-27-25-32(6-37,55-25)26(28(47)53-27)52-30-21(45)18(42)22(10(4-35)50-30)51-29-20(44)16(40)11(8(2)49-29)33-13-17(41)19(43)23(46)31(5-36)24(13)54-31/h7-30,33-47H,4-6H2,1-3H3. The van der Waals surface area contributed by atoms with Gasteiger partial charge in [-0.15, -0.1) is 0 Å². The maximum atomic E-state index is 11.2. The van der Waals surface area contributed by atoms with E-state index < -0.39 is 178 Å². The number of rotatable bonds is 11. The van der Waals surface area contributed by atoms with Crippen LogP contribution in [-0.2, 0) is 37.9 Å². The highest BCUT2D eigenvalue weighted by Crippen LogP contribution is 2.50. The van der Waals surface area contributed by atoms with E-state index in [-0.39, 0.29) is 0 Å².